The monoisotopic (exact) mass is 328 g/mol. The van der Waals surface area contributed by atoms with E-state index in [4.69, 9.17) is 16.0 Å². The first-order valence-corrected chi connectivity index (χ1v) is 7.27. The Balaban J connectivity index is 1.94. The van der Waals surface area contributed by atoms with Gasteiger partial charge in [-0.15, -0.1) is 6.58 Å². The number of amides is 1. The average Bonchev–Trinajstić information content (AvgIpc) is 2.85. The van der Waals surface area contributed by atoms with Gasteiger partial charge < -0.3 is 9.73 Å². The van der Waals surface area contributed by atoms with Gasteiger partial charge in [-0.3, -0.25) is 9.36 Å². The van der Waals surface area contributed by atoms with Gasteiger partial charge in [0.05, 0.1) is 5.52 Å². The average molecular weight is 329 g/mol. The van der Waals surface area contributed by atoms with E-state index in [2.05, 4.69) is 11.9 Å². The number of carbonyl (C=O) groups is 1. The van der Waals surface area contributed by atoms with Crippen molar-refractivity contribution in [1.29, 1.82) is 0 Å². The molecule has 6 heteroatoms. The molecule has 1 aromatic heterocycles. The van der Waals surface area contributed by atoms with E-state index in [1.165, 1.54) is 4.57 Å². The quantitative estimate of drug-likeness (QED) is 0.743. The third kappa shape index (κ3) is 3.05. The highest BCUT2D eigenvalue weighted by atomic mass is 35.5. The Hall–Kier alpha value is -2.79. The summed E-state index contributed by atoms with van der Waals surface area (Å²) < 4.78 is 6.55. The minimum atomic E-state index is -0.477. The van der Waals surface area contributed by atoms with Crippen LogP contribution in [0.2, 0.25) is 5.02 Å². The molecule has 0 unspecified atom stereocenters. The van der Waals surface area contributed by atoms with Crippen molar-refractivity contribution < 1.29 is 9.21 Å². The number of oxazole rings is 1. The summed E-state index contributed by atoms with van der Waals surface area (Å²) in [5.41, 5.74) is 2.04. The largest absolute Gasteiger partial charge is 0.420 e. The maximum atomic E-state index is 12.3. The summed E-state index contributed by atoms with van der Waals surface area (Å²) in [5, 5.41) is 3.37. The van der Waals surface area contributed by atoms with Crippen molar-refractivity contribution in [3.63, 3.8) is 0 Å². The molecule has 1 amide bonds. The van der Waals surface area contributed by atoms with Gasteiger partial charge in [0, 0.05) is 22.8 Å². The number of anilines is 1. The Morgan fingerprint density at radius 1 is 1.26 bits per heavy atom. The van der Waals surface area contributed by atoms with Crippen molar-refractivity contribution in [2.75, 3.05) is 5.32 Å². The van der Waals surface area contributed by atoms with Crippen molar-refractivity contribution in [1.82, 2.24) is 4.57 Å². The molecule has 0 saturated heterocycles. The Morgan fingerprint density at radius 3 is 2.70 bits per heavy atom. The van der Waals surface area contributed by atoms with Crippen LogP contribution >= 0.6 is 11.6 Å². The van der Waals surface area contributed by atoms with Gasteiger partial charge in [0.2, 0.25) is 0 Å². The summed E-state index contributed by atoms with van der Waals surface area (Å²) in [4.78, 5) is 24.1. The number of nitrogens with zero attached hydrogens (tertiary/aromatic N) is 1. The molecule has 0 aliphatic carbocycles. The van der Waals surface area contributed by atoms with E-state index in [1.807, 2.05) is 0 Å². The number of aromatic nitrogens is 1. The Labute approximate surface area is 136 Å². The van der Waals surface area contributed by atoms with E-state index < -0.39 is 5.76 Å². The Bertz CT molecular complexity index is 939. The van der Waals surface area contributed by atoms with Gasteiger partial charge in [-0.25, -0.2) is 4.79 Å². The summed E-state index contributed by atoms with van der Waals surface area (Å²) in [6.07, 6.45) is 1.59. The summed E-state index contributed by atoms with van der Waals surface area (Å²) >= 11 is 5.82. The predicted octanol–water partition coefficient (Wildman–Crippen LogP) is 3.69. The van der Waals surface area contributed by atoms with Crippen molar-refractivity contribution in [2.24, 2.45) is 0 Å². The molecule has 0 aliphatic rings. The summed E-state index contributed by atoms with van der Waals surface area (Å²) in [6, 6.07) is 11.6. The number of hydrogen-bond acceptors (Lipinski definition) is 3. The second-order valence-corrected chi connectivity index (χ2v) is 5.35. The number of halogens is 1. The number of hydrogen-bond donors (Lipinski definition) is 1. The number of carbonyl (C=O) groups excluding carboxylic acids is 1. The van der Waals surface area contributed by atoms with E-state index in [-0.39, 0.29) is 5.91 Å². The van der Waals surface area contributed by atoms with E-state index in [9.17, 15) is 9.59 Å². The third-order valence-electron chi connectivity index (χ3n) is 3.34. The highest BCUT2D eigenvalue weighted by molar-refractivity contribution is 6.30. The molecule has 0 aliphatic heterocycles. The molecule has 2 aromatic carbocycles. The van der Waals surface area contributed by atoms with Crippen molar-refractivity contribution in [3.05, 3.63) is 76.3 Å². The molecule has 23 heavy (non-hydrogen) atoms. The van der Waals surface area contributed by atoms with Crippen LogP contribution in [0.5, 0.6) is 0 Å². The molecule has 1 N–H and O–H groups in total. The van der Waals surface area contributed by atoms with E-state index in [0.717, 1.165) is 0 Å². The number of benzene rings is 2. The Morgan fingerprint density at radius 2 is 2.00 bits per heavy atom. The zero-order valence-corrected chi connectivity index (χ0v) is 12.8. The lowest BCUT2D eigenvalue weighted by Gasteiger charge is -2.06. The maximum absolute atomic E-state index is 12.3. The van der Waals surface area contributed by atoms with Gasteiger partial charge in [0.1, 0.15) is 0 Å². The molecule has 116 valence electrons. The van der Waals surface area contributed by atoms with Gasteiger partial charge in [0.15, 0.2) is 5.58 Å². The van der Waals surface area contributed by atoms with Gasteiger partial charge >= 0.3 is 5.76 Å². The van der Waals surface area contributed by atoms with Gasteiger partial charge in [-0.05, 0) is 42.5 Å². The Kier molecular flexibility index (Phi) is 4.04. The highest BCUT2D eigenvalue weighted by Crippen LogP contribution is 2.18. The molecule has 0 fully saturated rings. The molecule has 0 spiro atoms. The zero-order chi connectivity index (χ0) is 16.4. The molecule has 0 radical (unpaired) electrons. The second-order valence-electron chi connectivity index (χ2n) is 4.91. The fraction of sp³-hybridized carbons (Fsp3) is 0.0588. The molecular weight excluding hydrogens is 316 g/mol. The molecular formula is C17H13ClN2O3. The molecule has 0 atom stereocenters. The number of nitrogens with one attached hydrogen (secondary N) is 1. The number of fused-ring (bicyclic) bond motifs is 1. The predicted molar refractivity (Wildman–Crippen MR) is 90.1 cm³/mol. The van der Waals surface area contributed by atoms with Crippen LogP contribution in [-0.2, 0) is 6.54 Å². The highest BCUT2D eigenvalue weighted by Gasteiger charge is 2.12. The van der Waals surface area contributed by atoms with Crippen LogP contribution in [0.25, 0.3) is 11.1 Å². The SMILES string of the molecule is C=CCn1c(=O)oc2ccc(C(=O)Nc3ccc(Cl)cc3)cc21. The van der Waals surface area contributed by atoms with Crippen LogP contribution in [0.4, 0.5) is 5.69 Å². The fourth-order valence-electron chi connectivity index (χ4n) is 2.24. The summed E-state index contributed by atoms with van der Waals surface area (Å²) in [6.45, 7) is 3.93. The van der Waals surface area contributed by atoms with Crippen LogP contribution in [-0.4, -0.2) is 10.5 Å². The first-order chi connectivity index (χ1) is 11.1. The standard InChI is InChI=1S/C17H13ClN2O3/c1-2-9-20-14-10-11(3-8-15(14)23-17(20)22)16(21)19-13-6-4-12(18)5-7-13/h2-8,10H,1,9H2,(H,19,21). The summed E-state index contributed by atoms with van der Waals surface area (Å²) in [5.74, 6) is -0.761. The second kappa shape index (κ2) is 6.14. The van der Waals surface area contributed by atoms with E-state index >= 15 is 0 Å². The van der Waals surface area contributed by atoms with E-state index in [0.29, 0.717) is 33.9 Å². The molecule has 3 rings (SSSR count). The third-order valence-corrected chi connectivity index (χ3v) is 3.60. The topological polar surface area (TPSA) is 64.2 Å². The van der Waals surface area contributed by atoms with Crippen molar-refractivity contribution >= 4 is 34.3 Å². The zero-order valence-electron chi connectivity index (χ0n) is 12.1. The number of rotatable bonds is 4. The smallest absolute Gasteiger partial charge is 0.408 e. The van der Waals surface area contributed by atoms with Crippen LogP contribution in [0.15, 0.2) is 64.3 Å². The minimum absolute atomic E-state index is 0.284. The summed E-state index contributed by atoms with van der Waals surface area (Å²) in [7, 11) is 0. The lowest BCUT2D eigenvalue weighted by molar-refractivity contribution is 0.102. The first kappa shape index (κ1) is 15.1. The van der Waals surface area contributed by atoms with Crippen LogP contribution in [0.3, 0.4) is 0 Å². The normalized spacial score (nSPS) is 10.7. The molecule has 0 saturated carbocycles. The molecule has 3 aromatic rings. The first-order valence-electron chi connectivity index (χ1n) is 6.89. The van der Waals surface area contributed by atoms with E-state index in [1.54, 1.807) is 48.5 Å². The van der Waals surface area contributed by atoms with Gasteiger partial charge in [0.25, 0.3) is 5.91 Å². The van der Waals surface area contributed by atoms with Gasteiger partial charge in [-0.2, -0.15) is 0 Å². The molecule has 5 nitrogen and oxygen atoms in total. The lowest BCUT2D eigenvalue weighted by atomic mass is 10.2. The lowest BCUT2D eigenvalue weighted by Crippen LogP contribution is -2.14. The van der Waals surface area contributed by atoms with Gasteiger partial charge in [-0.1, -0.05) is 17.7 Å². The molecule has 0 bridgehead atoms. The fourth-order valence-corrected chi connectivity index (χ4v) is 2.37. The minimum Gasteiger partial charge on any atom is -0.408 e. The van der Waals surface area contributed by atoms with Crippen molar-refractivity contribution in [2.45, 2.75) is 6.54 Å². The number of allylic oxidation sites excluding steroid dienone is 1. The van der Waals surface area contributed by atoms with Crippen molar-refractivity contribution in [3.8, 4) is 0 Å². The van der Waals surface area contributed by atoms with Crippen LogP contribution in [0, 0.1) is 0 Å². The van der Waals surface area contributed by atoms with Crippen LogP contribution in [0.1, 0.15) is 10.4 Å². The van der Waals surface area contributed by atoms with Crippen LogP contribution < -0.4 is 11.1 Å². The maximum Gasteiger partial charge on any atom is 0.420 e. The molecule has 1 heterocycles.